The van der Waals surface area contributed by atoms with Crippen molar-refractivity contribution in [2.45, 2.75) is 26.0 Å². The van der Waals surface area contributed by atoms with Crippen LogP contribution in [0.25, 0.3) is 4.85 Å². The van der Waals surface area contributed by atoms with E-state index in [0.29, 0.717) is 0 Å². The maximum absolute atomic E-state index is 6.88. The van der Waals surface area contributed by atoms with Crippen LogP contribution in [0.5, 0.6) is 5.75 Å². The lowest BCUT2D eigenvalue weighted by Gasteiger charge is -2.18. The van der Waals surface area contributed by atoms with Crippen LogP contribution >= 0.6 is 0 Å². The summed E-state index contributed by atoms with van der Waals surface area (Å²) >= 11 is 0. The standard InChI is InChI=1S/C11H11NO/c1-8-3-5-10-9(7-8)4-6-11(12-2)13-10/h3,5,7,11H,4,6H2,1H3. The van der Waals surface area contributed by atoms with Crippen molar-refractivity contribution >= 4 is 0 Å². The van der Waals surface area contributed by atoms with E-state index in [-0.39, 0.29) is 6.23 Å². The van der Waals surface area contributed by atoms with Crippen LogP contribution in [0, 0.1) is 13.5 Å². The molecule has 1 unspecified atom stereocenters. The van der Waals surface area contributed by atoms with Crippen molar-refractivity contribution in [3.8, 4) is 5.75 Å². The van der Waals surface area contributed by atoms with Gasteiger partial charge in [-0.3, -0.25) is 4.85 Å². The summed E-state index contributed by atoms with van der Waals surface area (Å²) in [5, 5.41) is 0. The molecular formula is C11H11NO. The SMILES string of the molecule is [C-]#[N+]C1CCc2cc(C)ccc2O1. The largest absolute Gasteiger partial charge is 0.423 e. The van der Waals surface area contributed by atoms with Crippen molar-refractivity contribution < 1.29 is 4.74 Å². The van der Waals surface area contributed by atoms with Crippen LogP contribution in [0.2, 0.25) is 0 Å². The molecule has 1 atom stereocenters. The number of fused-ring (bicyclic) bond motifs is 1. The molecule has 0 aliphatic carbocycles. The van der Waals surface area contributed by atoms with E-state index >= 15 is 0 Å². The fraction of sp³-hybridized carbons (Fsp3) is 0.364. The summed E-state index contributed by atoms with van der Waals surface area (Å²) < 4.78 is 5.48. The first-order valence-corrected chi connectivity index (χ1v) is 4.42. The van der Waals surface area contributed by atoms with Gasteiger partial charge in [0.25, 0.3) is 0 Å². The fourth-order valence-electron chi connectivity index (χ4n) is 1.59. The van der Waals surface area contributed by atoms with E-state index in [9.17, 15) is 0 Å². The zero-order chi connectivity index (χ0) is 9.26. The molecule has 1 aliphatic heterocycles. The lowest BCUT2D eigenvalue weighted by atomic mass is 10.0. The molecule has 0 bridgehead atoms. The molecule has 1 aliphatic rings. The molecule has 0 saturated heterocycles. The molecular weight excluding hydrogens is 162 g/mol. The van der Waals surface area contributed by atoms with Crippen LogP contribution in [0.4, 0.5) is 0 Å². The molecule has 0 spiro atoms. The molecule has 0 aromatic heterocycles. The Morgan fingerprint density at radius 2 is 2.38 bits per heavy atom. The van der Waals surface area contributed by atoms with Crippen LogP contribution < -0.4 is 4.74 Å². The topological polar surface area (TPSA) is 13.6 Å². The second kappa shape index (κ2) is 3.10. The van der Waals surface area contributed by atoms with Crippen molar-refractivity contribution in [1.29, 1.82) is 0 Å². The second-order valence-electron chi connectivity index (χ2n) is 3.35. The van der Waals surface area contributed by atoms with Gasteiger partial charge in [-0.05, 0) is 25.0 Å². The zero-order valence-corrected chi connectivity index (χ0v) is 7.58. The number of hydrogen-bond donors (Lipinski definition) is 0. The van der Waals surface area contributed by atoms with Gasteiger partial charge < -0.3 is 4.74 Å². The molecule has 1 aromatic carbocycles. The van der Waals surface area contributed by atoms with Crippen LogP contribution in [-0.2, 0) is 6.42 Å². The Labute approximate surface area is 78.0 Å². The maximum Gasteiger partial charge on any atom is 0.366 e. The van der Waals surface area contributed by atoms with E-state index in [1.807, 2.05) is 12.1 Å². The Balaban J connectivity index is 2.32. The van der Waals surface area contributed by atoms with Crippen molar-refractivity contribution in [1.82, 2.24) is 0 Å². The lowest BCUT2D eigenvalue weighted by Crippen LogP contribution is -2.18. The predicted molar refractivity (Wildman–Crippen MR) is 50.5 cm³/mol. The smallest absolute Gasteiger partial charge is 0.366 e. The highest BCUT2D eigenvalue weighted by Gasteiger charge is 2.22. The highest BCUT2D eigenvalue weighted by molar-refractivity contribution is 5.38. The first kappa shape index (κ1) is 8.12. The van der Waals surface area contributed by atoms with Crippen LogP contribution in [-0.4, -0.2) is 6.23 Å². The van der Waals surface area contributed by atoms with Gasteiger partial charge >= 0.3 is 6.23 Å². The first-order chi connectivity index (χ1) is 6.29. The molecule has 13 heavy (non-hydrogen) atoms. The summed E-state index contributed by atoms with van der Waals surface area (Å²) in [6.45, 7) is 8.95. The van der Waals surface area contributed by atoms with Gasteiger partial charge in [-0.2, -0.15) is 0 Å². The van der Waals surface area contributed by atoms with Crippen LogP contribution in [0.1, 0.15) is 17.5 Å². The quantitative estimate of drug-likeness (QED) is 0.550. The molecule has 0 saturated carbocycles. The average Bonchev–Trinajstić information content (AvgIpc) is 2.17. The minimum atomic E-state index is -0.268. The summed E-state index contributed by atoms with van der Waals surface area (Å²) in [6.07, 6.45) is 1.51. The predicted octanol–water partition coefficient (Wildman–Crippen LogP) is 2.57. The van der Waals surface area contributed by atoms with Gasteiger partial charge in [-0.25, -0.2) is 6.57 Å². The van der Waals surface area contributed by atoms with E-state index in [1.165, 1.54) is 11.1 Å². The van der Waals surface area contributed by atoms with Gasteiger partial charge in [0.2, 0.25) is 0 Å². The number of hydrogen-bond acceptors (Lipinski definition) is 1. The third-order valence-corrected chi connectivity index (χ3v) is 2.28. The van der Waals surface area contributed by atoms with Gasteiger partial charge in [0.05, 0.1) is 6.42 Å². The summed E-state index contributed by atoms with van der Waals surface area (Å²) in [5.74, 6) is 0.887. The highest BCUT2D eigenvalue weighted by Crippen LogP contribution is 2.28. The van der Waals surface area contributed by atoms with E-state index in [4.69, 9.17) is 11.3 Å². The molecule has 0 N–H and O–H groups in total. The first-order valence-electron chi connectivity index (χ1n) is 4.42. The summed E-state index contributed by atoms with van der Waals surface area (Å²) in [6, 6.07) is 6.11. The van der Waals surface area contributed by atoms with E-state index < -0.39 is 0 Å². The van der Waals surface area contributed by atoms with Crippen molar-refractivity contribution in [3.05, 3.63) is 40.7 Å². The Morgan fingerprint density at radius 1 is 1.54 bits per heavy atom. The summed E-state index contributed by atoms with van der Waals surface area (Å²) in [4.78, 5) is 3.40. The minimum absolute atomic E-state index is 0.268. The van der Waals surface area contributed by atoms with E-state index in [2.05, 4.69) is 17.8 Å². The Bertz CT molecular complexity index is 365. The third-order valence-electron chi connectivity index (χ3n) is 2.28. The van der Waals surface area contributed by atoms with Gasteiger partial charge in [0.15, 0.2) is 0 Å². The molecule has 66 valence electrons. The monoisotopic (exact) mass is 173 g/mol. The Hall–Kier alpha value is -1.49. The average molecular weight is 173 g/mol. The van der Waals surface area contributed by atoms with Gasteiger partial charge in [0.1, 0.15) is 5.75 Å². The van der Waals surface area contributed by atoms with Crippen molar-refractivity contribution in [2.24, 2.45) is 0 Å². The summed E-state index contributed by atoms with van der Waals surface area (Å²) in [5.41, 5.74) is 2.49. The highest BCUT2D eigenvalue weighted by atomic mass is 16.5. The minimum Gasteiger partial charge on any atom is -0.423 e. The molecule has 0 radical (unpaired) electrons. The second-order valence-corrected chi connectivity index (χ2v) is 3.35. The molecule has 2 heteroatoms. The molecule has 1 heterocycles. The van der Waals surface area contributed by atoms with Gasteiger partial charge in [0, 0.05) is 0 Å². The number of ether oxygens (including phenoxy) is 1. The number of aryl methyl sites for hydroxylation is 2. The normalized spacial score (nSPS) is 19.8. The van der Waals surface area contributed by atoms with Crippen molar-refractivity contribution in [2.75, 3.05) is 0 Å². The molecule has 2 nitrogen and oxygen atoms in total. The number of benzene rings is 1. The Morgan fingerprint density at radius 3 is 3.15 bits per heavy atom. The van der Waals surface area contributed by atoms with Gasteiger partial charge in [-0.1, -0.05) is 17.7 Å². The summed E-state index contributed by atoms with van der Waals surface area (Å²) in [7, 11) is 0. The third kappa shape index (κ3) is 1.50. The molecule has 2 rings (SSSR count). The molecule has 0 amide bonds. The number of rotatable bonds is 0. The number of nitrogens with zero attached hydrogens (tertiary/aromatic N) is 1. The maximum atomic E-state index is 6.88. The van der Waals surface area contributed by atoms with Crippen molar-refractivity contribution in [3.63, 3.8) is 0 Å². The fourth-order valence-corrected chi connectivity index (χ4v) is 1.59. The van der Waals surface area contributed by atoms with Crippen LogP contribution in [0.15, 0.2) is 18.2 Å². The Kier molecular flexibility index (Phi) is 1.94. The van der Waals surface area contributed by atoms with E-state index in [1.54, 1.807) is 0 Å². The molecule has 0 fully saturated rings. The van der Waals surface area contributed by atoms with Crippen LogP contribution in [0.3, 0.4) is 0 Å². The van der Waals surface area contributed by atoms with E-state index in [0.717, 1.165) is 18.6 Å². The molecule has 1 aromatic rings. The van der Waals surface area contributed by atoms with Gasteiger partial charge in [-0.15, -0.1) is 0 Å². The zero-order valence-electron chi connectivity index (χ0n) is 7.58. The lowest BCUT2D eigenvalue weighted by molar-refractivity contribution is 0.216.